The zero-order valence-corrected chi connectivity index (χ0v) is 12.8. The maximum atomic E-state index is 8.91. The molecule has 0 aromatic heterocycles. The highest BCUT2D eigenvalue weighted by Crippen LogP contribution is 2.35. The second-order valence-electron chi connectivity index (χ2n) is 4.45. The summed E-state index contributed by atoms with van der Waals surface area (Å²) < 4.78 is 10.5. The molecular formula is C16H16ClNO3. The predicted octanol–water partition coefficient (Wildman–Crippen LogP) is 4.22. The number of benzene rings is 2. The molecule has 2 aromatic carbocycles. The first-order valence-electron chi connectivity index (χ1n) is 6.31. The van der Waals surface area contributed by atoms with Gasteiger partial charge in [-0.25, -0.2) is 0 Å². The van der Waals surface area contributed by atoms with Crippen molar-refractivity contribution in [3.63, 3.8) is 0 Å². The van der Waals surface area contributed by atoms with Crippen LogP contribution in [-0.2, 0) is 0 Å². The molecular weight excluding hydrogens is 290 g/mol. The van der Waals surface area contributed by atoms with Gasteiger partial charge >= 0.3 is 0 Å². The van der Waals surface area contributed by atoms with E-state index >= 15 is 0 Å². The molecule has 0 spiro atoms. The molecule has 0 fully saturated rings. The van der Waals surface area contributed by atoms with Crippen LogP contribution in [0.2, 0.25) is 5.02 Å². The molecule has 110 valence electrons. The van der Waals surface area contributed by atoms with Gasteiger partial charge in [-0.1, -0.05) is 22.8 Å². The third-order valence-electron chi connectivity index (χ3n) is 3.23. The first-order chi connectivity index (χ1) is 10.1. The predicted molar refractivity (Wildman–Crippen MR) is 84.0 cm³/mol. The Labute approximate surface area is 128 Å². The number of rotatable bonds is 4. The van der Waals surface area contributed by atoms with E-state index in [1.807, 2.05) is 30.3 Å². The van der Waals surface area contributed by atoms with E-state index in [9.17, 15) is 0 Å². The number of halogens is 1. The molecule has 2 aromatic rings. The number of hydrogen-bond donors (Lipinski definition) is 1. The fraction of sp³-hybridized carbons (Fsp3) is 0.188. The number of nitrogens with zero attached hydrogens (tertiary/aromatic N) is 1. The van der Waals surface area contributed by atoms with Crippen molar-refractivity contribution in [1.29, 1.82) is 0 Å². The normalized spacial score (nSPS) is 11.3. The summed E-state index contributed by atoms with van der Waals surface area (Å²) in [5.74, 6) is 1.33. The standard InChI is InChI=1S/C16H16ClNO3/c1-10(18-19)11-4-6-15(20-2)13(8-11)12-5-7-16(21-3)14(17)9-12/h4-9,19H,1-3H3/b18-10+. The Morgan fingerprint density at radius 3 is 2.29 bits per heavy atom. The minimum atomic E-state index is 0.523. The van der Waals surface area contributed by atoms with Crippen LogP contribution in [0.4, 0.5) is 0 Å². The van der Waals surface area contributed by atoms with Gasteiger partial charge < -0.3 is 14.7 Å². The summed E-state index contributed by atoms with van der Waals surface area (Å²) in [5.41, 5.74) is 3.09. The average Bonchev–Trinajstić information content (AvgIpc) is 2.53. The summed E-state index contributed by atoms with van der Waals surface area (Å²) in [5, 5.41) is 12.7. The number of methoxy groups -OCH3 is 2. The molecule has 0 saturated heterocycles. The average molecular weight is 306 g/mol. The van der Waals surface area contributed by atoms with Crippen LogP contribution in [0.5, 0.6) is 11.5 Å². The fourth-order valence-electron chi connectivity index (χ4n) is 2.05. The Balaban J connectivity index is 2.58. The number of ether oxygens (including phenoxy) is 2. The first kappa shape index (κ1) is 15.2. The topological polar surface area (TPSA) is 51.0 Å². The first-order valence-corrected chi connectivity index (χ1v) is 6.69. The van der Waals surface area contributed by atoms with E-state index in [1.54, 1.807) is 27.2 Å². The van der Waals surface area contributed by atoms with Crippen LogP contribution in [0, 0.1) is 0 Å². The lowest BCUT2D eigenvalue weighted by atomic mass is 10.00. The Morgan fingerprint density at radius 2 is 1.71 bits per heavy atom. The van der Waals surface area contributed by atoms with Gasteiger partial charge in [0.1, 0.15) is 11.5 Å². The molecule has 0 unspecified atom stereocenters. The second kappa shape index (κ2) is 6.50. The van der Waals surface area contributed by atoms with Crippen LogP contribution >= 0.6 is 11.6 Å². The molecule has 0 aliphatic heterocycles. The van der Waals surface area contributed by atoms with Crippen LogP contribution in [-0.4, -0.2) is 25.1 Å². The minimum absolute atomic E-state index is 0.523. The van der Waals surface area contributed by atoms with Crippen LogP contribution in [0.3, 0.4) is 0 Å². The van der Waals surface area contributed by atoms with E-state index in [-0.39, 0.29) is 0 Å². The van der Waals surface area contributed by atoms with Gasteiger partial charge in [-0.3, -0.25) is 0 Å². The van der Waals surface area contributed by atoms with E-state index in [0.29, 0.717) is 22.2 Å². The molecule has 0 bridgehead atoms. The molecule has 0 aliphatic rings. The molecule has 0 amide bonds. The Morgan fingerprint density at radius 1 is 1.05 bits per heavy atom. The van der Waals surface area contributed by atoms with E-state index < -0.39 is 0 Å². The Bertz CT molecular complexity index is 683. The van der Waals surface area contributed by atoms with Crippen molar-refractivity contribution in [3.05, 3.63) is 47.0 Å². The monoisotopic (exact) mass is 305 g/mol. The van der Waals surface area contributed by atoms with Crippen molar-refractivity contribution in [3.8, 4) is 22.6 Å². The molecule has 0 radical (unpaired) electrons. The maximum Gasteiger partial charge on any atom is 0.137 e. The van der Waals surface area contributed by atoms with Gasteiger partial charge in [0.05, 0.1) is 25.0 Å². The van der Waals surface area contributed by atoms with Gasteiger partial charge in [0.15, 0.2) is 0 Å². The molecule has 21 heavy (non-hydrogen) atoms. The van der Waals surface area contributed by atoms with Gasteiger partial charge in [0, 0.05) is 5.56 Å². The van der Waals surface area contributed by atoms with Gasteiger partial charge in [0.25, 0.3) is 0 Å². The summed E-state index contributed by atoms with van der Waals surface area (Å²) in [7, 11) is 3.18. The Hall–Kier alpha value is -2.20. The number of hydrogen-bond acceptors (Lipinski definition) is 4. The van der Waals surface area contributed by atoms with Crippen LogP contribution in [0.25, 0.3) is 11.1 Å². The van der Waals surface area contributed by atoms with Gasteiger partial charge in [-0.15, -0.1) is 0 Å². The lowest BCUT2D eigenvalue weighted by Crippen LogP contribution is -1.97. The van der Waals surface area contributed by atoms with Crippen molar-refractivity contribution >= 4 is 17.3 Å². The third kappa shape index (κ3) is 3.11. The molecule has 2 rings (SSSR count). The number of oxime groups is 1. The molecule has 5 heteroatoms. The van der Waals surface area contributed by atoms with E-state index in [2.05, 4.69) is 5.16 Å². The third-order valence-corrected chi connectivity index (χ3v) is 3.53. The van der Waals surface area contributed by atoms with Crippen molar-refractivity contribution in [2.45, 2.75) is 6.92 Å². The van der Waals surface area contributed by atoms with Crippen LogP contribution < -0.4 is 9.47 Å². The molecule has 4 nitrogen and oxygen atoms in total. The lowest BCUT2D eigenvalue weighted by Gasteiger charge is -2.12. The second-order valence-corrected chi connectivity index (χ2v) is 4.86. The minimum Gasteiger partial charge on any atom is -0.496 e. The summed E-state index contributed by atoms with van der Waals surface area (Å²) >= 11 is 6.18. The summed E-state index contributed by atoms with van der Waals surface area (Å²) in [6, 6.07) is 11.1. The molecule has 0 atom stereocenters. The smallest absolute Gasteiger partial charge is 0.137 e. The van der Waals surface area contributed by atoms with Crippen LogP contribution in [0.1, 0.15) is 12.5 Å². The van der Waals surface area contributed by atoms with E-state index in [0.717, 1.165) is 16.7 Å². The highest BCUT2D eigenvalue weighted by molar-refractivity contribution is 6.32. The Kier molecular flexibility index (Phi) is 4.70. The summed E-state index contributed by atoms with van der Waals surface area (Å²) in [4.78, 5) is 0. The van der Waals surface area contributed by atoms with Crippen molar-refractivity contribution in [2.75, 3.05) is 14.2 Å². The zero-order chi connectivity index (χ0) is 15.4. The largest absolute Gasteiger partial charge is 0.496 e. The lowest BCUT2D eigenvalue weighted by molar-refractivity contribution is 0.319. The van der Waals surface area contributed by atoms with Crippen LogP contribution in [0.15, 0.2) is 41.6 Å². The van der Waals surface area contributed by atoms with Gasteiger partial charge in [-0.2, -0.15) is 0 Å². The SMILES string of the molecule is COc1ccc(-c2cc(/C(C)=N/O)ccc2OC)cc1Cl. The van der Waals surface area contributed by atoms with E-state index in [1.165, 1.54) is 0 Å². The maximum absolute atomic E-state index is 8.91. The highest BCUT2D eigenvalue weighted by Gasteiger charge is 2.11. The van der Waals surface area contributed by atoms with Crippen molar-refractivity contribution in [2.24, 2.45) is 5.16 Å². The summed E-state index contributed by atoms with van der Waals surface area (Å²) in [6.07, 6.45) is 0. The molecule has 0 heterocycles. The molecule has 0 aliphatic carbocycles. The molecule has 1 N–H and O–H groups in total. The highest BCUT2D eigenvalue weighted by atomic mass is 35.5. The summed E-state index contributed by atoms with van der Waals surface area (Å²) in [6.45, 7) is 1.73. The van der Waals surface area contributed by atoms with Gasteiger partial charge in [0.2, 0.25) is 0 Å². The van der Waals surface area contributed by atoms with Gasteiger partial charge in [-0.05, 0) is 48.4 Å². The zero-order valence-electron chi connectivity index (χ0n) is 12.1. The fourth-order valence-corrected chi connectivity index (χ4v) is 2.31. The molecule has 0 saturated carbocycles. The van der Waals surface area contributed by atoms with Crippen molar-refractivity contribution < 1.29 is 14.7 Å². The quantitative estimate of drug-likeness (QED) is 0.522. The van der Waals surface area contributed by atoms with E-state index in [4.69, 9.17) is 26.3 Å². The van der Waals surface area contributed by atoms with Crippen molar-refractivity contribution in [1.82, 2.24) is 0 Å².